The zero-order chi connectivity index (χ0) is 27.1. The van der Waals surface area contributed by atoms with Crippen molar-refractivity contribution in [3.63, 3.8) is 0 Å². The summed E-state index contributed by atoms with van der Waals surface area (Å²) < 4.78 is 5.84. The average molecular weight is 520 g/mol. The number of amides is 3. The molecule has 202 valence electrons. The van der Waals surface area contributed by atoms with E-state index in [1.54, 1.807) is 24.3 Å². The van der Waals surface area contributed by atoms with Gasteiger partial charge in [0.05, 0.1) is 0 Å². The molecule has 8 heteroatoms. The van der Waals surface area contributed by atoms with Gasteiger partial charge in [-0.2, -0.15) is 0 Å². The molecule has 8 nitrogen and oxygen atoms in total. The minimum atomic E-state index is -0.837. The fourth-order valence-corrected chi connectivity index (χ4v) is 5.20. The van der Waals surface area contributed by atoms with Crippen LogP contribution in [0.1, 0.15) is 69.2 Å². The van der Waals surface area contributed by atoms with E-state index >= 15 is 0 Å². The van der Waals surface area contributed by atoms with E-state index < -0.39 is 29.7 Å². The van der Waals surface area contributed by atoms with Crippen LogP contribution < -0.4 is 15.4 Å². The normalized spacial score (nSPS) is 18.6. The molecule has 1 aliphatic carbocycles. The van der Waals surface area contributed by atoms with Crippen molar-refractivity contribution in [1.82, 2.24) is 15.5 Å². The second-order valence-electron chi connectivity index (χ2n) is 10.5. The highest BCUT2D eigenvalue weighted by molar-refractivity contribution is 6.38. The van der Waals surface area contributed by atoms with E-state index in [1.165, 1.54) is 4.90 Å². The number of likely N-dealkylation sites (tertiary alicyclic amines) is 1. The molecule has 2 N–H and O–H groups in total. The van der Waals surface area contributed by atoms with Crippen LogP contribution in [0, 0.1) is 5.92 Å². The zero-order valence-corrected chi connectivity index (χ0v) is 22.2. The number of para-hydroxylation sites is 1. The summed E-state index contributed by atoms with van der Waals surface area (Å²) in [5.41, 5.74) is 0.359. The molecule has 1 saturated heterocycles. The molecule has 1 unspecified atom stereocenters. The van der Waals surface area contributed by atoms with Crippen molar-refractivity contribution in [3.8, 4) is 11.5 Å². The van der Waals surface area contributed by atoms with Crippen molar-refractivity contribution in [2.45, 2.75) is 76.9 Å². The Labute approximate surface area is 224 Å². The third-order valence-electron chi connectivity index (χ3n) is 7.30. The predicted octanol–water partition coefficient (Wildman–Crippen LogP) is 4.24. The van der Waals surface area contributed by atoms with E-state index in [0.29, 0.717) is 36.4 Å². The molecular formula is C30H37N3O5. The van der Waals surface area contributed by atoms with E-state index in [1.807, 2.05) is 44.2 Å². The number of benzene rings is 2. The molecule has 3 amide bonds. The molecule has 0 spiro atoms. The van der Waals surface area contributed by atoms with Gasteiger partial charge in [-0.1, -0.05) is 57.4 Å². The predicted molar refractivity (Wildman–Crippen MR) is 144 cm³/mol. The molecule has 2 aromatic rings. The van der Waals surface area contributed by atoms with Crippen LogP contribution in [-0.4, -0.2) is 53.1 Å². The van der Waals surface area contributed by atoms with Gasteiger partial charge in [-0.25, -0.2) is 0 Å². The van der Waals surface area contributed by atoms with E-state index in [-0.39, 0.29) is 17.9 Å². The van der Waals surface area contributed by atoms with Crippen LogP contribution in [-0.2, 0) is 14.4 Å². The molecule has 0 aromatic heterocycles. The first-order valence-electron chi connectivity index (χ1n) is 13.6. The van der Waals surface area contributed by atoms with Gasteiger partial charge in [-0.05, 0) is 61.9 Å². The number of nitrogens with zero attached hydrogens (tertiary/aromatic N) is 1. The summed E-state index contributed by atoms with van der Waals surface area (Å²) in [6, 6.07) is 14.4. The molecule has 1 aliphatic heterocycles. The van der Waals surface area contributed by atoms with Crippen molar-refractivity contribution >= 4 is 23.5 Å². The molecule has 0 radical (unpaired) electrons. The number of rotatable bonds is 9. The van der Waals surface area contributed by atoms with Gasteiger partial charge in [0.25, 0.3) is 11.8 Å². The molecule has 2 aromatic carbocycles. The highest BCUT2D eigenvalue weighted by Crippen LogP contribution is 2.24. The van der Waals surface area contributed by atoms with Crippen molar-refractivity contribution in [2.24, 2.45) is 5.92 Å². The molecule has 2 fully saturated rings. The lowest BCUT2D eigenvalue weighted by Gasteiger charge is -2.30. The second-order valence-corrected chi connectivity index (χ2v) is 10.5. The third-order valence-corrected chi connectivity index (χ3v) is 7.30. The van der Waals surface area contributed by atoms with Crippen LogP contribution >= 0.6 is 0 Å². The van der Waals surface area contributed by atoms with Crippen LogP contribution in [0.5, 0.6) is 11.5 Å². The summed E-state index contributed by atoms with van der Waals surface area (Å²) in [4.78, 5) is 54.0. The number of carbonyl (C=O) groups is 4. The zero-order valence-electron chi connectivity index (χ0n) is 22.2. The number of Topliss-reactive ketones (excluding diaryl/α,β-unsaturated/α-hetero) is 1. The maximum atomic E-state index is 13.6. The van der Waals surface area contributed by atoms with Crippen molar-refractivity contribution in [3.05, 3.63) is 60.2 Å². The van der Waals surface area contributed by atoms with E-state index in [2.05, 4.69) is 10.6 Å². The number of ketones is 1. The van der Waals surface area contributed by atoms with Crippen molar-refractivity contribution in [1.29, 1.82) is 0 Å². The Bertz CT molecular complexity index is 1140. The highest BCUT2D eigenvalue weighted by Gasteiger charge is 2.41. The standard InChI is InChI=1S/C30H37N3O5/c1-20(2)26(32-28(35)21-11-9-16-24(19-21)38-23-14-7-4-8-15-23)30(37)33-18-10-17-25(33)27(34)29(36)31-22-12-5-3-6-13-22/h4,7-9,11,14-16,19-20,22,25-26H,3,5-6,10,12-13,17-18H2,1-2H3,(H,31,36)(H,32,35)/t25?,26-/m0/s1. The first-order chi connectivity index (χ1) is 18.3. The number of carbonyl (C=O) groups excluding carboxylic acids is 4. The summed E-state index contributed by atoms with van der Waals surface area (Å²) in [7, 11) is 0. The van der Waals surface area contributed by atoms with E-state index in [0.717, 1.165) is 32.1 Å². The molecule has 1 heterocycles. The first-order valence-corrected chi connectivity index (χ1v) is 13.6. The summed E-state index contributed by atoms with van der Waals surface area (Å²) >= 11 is 0. The van der Waals surface area contributed by atoms with Crippen LogP contribution in [0.25, 0.3) is 0 Å². The maximum absolute atomic E-state index is 13.6. The van der Waals surface area contributed by atoms with Crippen LogP contribution in [0.3, 0.4) is 0 Å². The lowest BCUT2D eigenvalue weighted by Crippen LogP contribution is -2.55. The van der Waals surface area contributed by atoms with Gasteiger partial charge < -0.3 is 20.3 Å². The largest absolute Gasteiger partial charge is 0.457 e. The fourth-order valence-electron chi connectivity index (χ4n) is 5.20. The number of nitrogens with one attached hydrogen (secondary N) is 2. The smallest absolute Gasteiger partial charge is 0.289 e. The summed E-state index contributed by atoms with van der Waals surface area (Å²) in [5.74, 6) is -0.993. The third kappa shape index (κ3) is 6.79. The lowest BCUT2D eigenvalue weighted by atomic mass is 9.95. The Hall–Kier alpha value is -3.68. The SMILES string of the molecule is CC(C)[C@H](NC(=O)c1cccc(Oc2ccccc2)c1)C(=O)N1CCCC1C(=O)C(=O)NC1CCCCC1. The Morgan fingerprint density at radius 2 is 1.58 bits per heavy atom. The van der Waals surface area contributed by atoms with Crippen molar-refractivity contribution < 1.29 is 23.9 Å². The van der Waals surface area contributed by atoms with Gasteiger partial charge >= 0.3 is 0 Å². The van der Waals surface area contributed by atoms with Gasteiger partial charge in [0.1, 0.15) is 23.6 Å². The highest BCUT2D eigenvalue weighted by atomic mass is 16.5. The Morgan fingerprint density at radius 3 is 2.29 bits per heavy atom. The minimum Gasteiger partial charge on any atom is -0.457 e. The molecule has 0 bridgehead atoms. The summed E-state index contributed by atoms with van der Waals surface area (Å²) in [6.45, 7) is 4.08. The quantitative estimate of drug-likeness (QED) is 0.482. The maximum Gasteiger partial charge on any atom is 0.289 e. The molecular weight excluding hydrogens is 482 g/mol. The van der Waals surface area contributed by atoms with Crippen molar-refractivity contribution in [2.75, 3.05) is 6.54 Å². The topological polar surface area (TPSA) is 105 Å². The van der Waals surface area contributed by atoms with Crippen LogP contribution in [0.2, 0.25) is 0 Å². The Balaban J connectivity index is 1.41. The Morgan fingerprint density at radius 1 is 0.868 bits per heavy atom. The molecule has 4 rings (SSSR count). The molecule has 2 aliphatic rings. The lowest BCUT2D eigenvalue weighted by molar-refractivity contribution is -0.145. The second kappa shape index (κ2) is 12.7. The summed E-state index contributed by atoms with van der Waals surface area (Å²) in [5, 5.41) is 5.73. The van der Waals surface area contributed by atoms with Gasteiger partial charge in [-0.3, -0.25) is 19.2 Å². The van der Waals surface area contributed by atoms with Crippen LogP contribution in [0.4, 0.5) is 0 Å². The van der Waals surface area contributed by atoms with Gasteiger partial charge in [0.15, 0.2) is 0 Å². The molecule has 2 atom stereocenters. The van der Waals surface area contributed by atoms with Crippen LogP contribution in [0.15, 0.2) is 54.6 Å². The Kier molecular flexibility index (Phi) is 9.15. The number of ether oxygens (including phenoxy) is 1. The monoisotopic (exact) mass is 519 g/mol. The van der Waals surface area contributed by atoms with E-state index in [9.17, 15) is 19.2 Å². The first kappa shape index (κ1) is 27.4. The number of hydrogen-bond donors (Lipinski definition) is 2. The van der Waals surface area contributed by atoms with Gasteiger partial charge in [0.2, 0.25) is 11.7 Å². The van der Waals surface area contributed by atoms with Gasteiger partial charge in [0, 0.05) is 18.2 Å². The molecule has 1 saturated carbocycles. The average Bonchev–Trinajstić information content (AvgIpc) is 3.42. The summed E-state index contributed by atoms with van der Waals surface area (Å²) in [6.07, 6.45) is 6.08. The minimum absolute atomic E-state index is 0.0232. The number of hydrogen-bond acceptors (Lipinski definition) is 5. The van der Waals surface area contributed by atoms with E-state index in [4.69, 9.17) is 4.74 Å². The fraction of sp³-hybridized carbons (Fsp3) is 0.467. The van der Waals surface area contributed by atoms with Gasteiger partial charge in [-0.15, -0.1) is 0 Å². The molecule has 38 heavy (non-hydrogen) atoms.